The van der Waals surface area contributed by atoms with Crippen LogP contribution in [0.3, 0.4) is 0 Å². The van der Waals surface area contributed by atoms with E-state index in [1.165, 1.54) is 6.08 Å². The van der Waals surface area contributed by atoms with Crippen LogP contribution >= 0.6 is 11.6 Å². The Labute approximate surface area is 191 Å². The third kappa shape index (κ3) is 6.46. The molecule has 0 radical (unpaired) electrons. The van der Waals surface area contributed by atoms with Gasteiger partial charge in [-0.15, -0.1) is 0 Å². The van der Waals surface area contributed by atoms with Crippen molar-refractivity contribution in [2.75, 3.05) is 17.2 Å². The summed E-state index contributed by atoms with van der Waals surface area (Å²) in [5.74, 6) is -0.395. The molecule has 0 bridgehead atoms. The zero-order valence-electron chi connectivity index (χ0n) is 17.3. The predicted molar refractivity (Wildman–Crippen MR) is 125 cm³/mol. The van der Waals surface area contributed by atoms with Gasteiger partial charge in [-0.3, -0.25) is 9.59 Å². The maximum absolute atomic E-state index is 12.4. The Hall–Kier alpha value is -4.08. The first-order valence-corrected chi connectivity index (χ1v) is 10.1. The average molecular weight is 446 g/mol. The largest absolute Gasteiger partial charge is 0.484 e. The highest BCUT2D eigenvalue weighted by molar-refractivity contribution is 6.30. The number of halogens is 1. The number of rotatable bonds is 7. The molecule has 2 N–H and O–H groups in total. The van der Waals surface area contributed by atoms with E-state index in [1.807, 2.05) is 37.3 Å². The molecule has 32 heavy (non-hydrogen) atoms. The van der Waals surface area contributed by atoms with Crippen molar-refractivity contribution in [3.63, 3.8) is 0 Å². The van der Waals surface area contributed by atoms with Gasteiger partial charge in [0.05, 0.1) is 0 Å². The van der Waals surface area contributed by atoms with E-state index in [0.717, 1.165) is 11.3 Å². The van der Waals surface area contributed by atoms with E-state index < -0.39 is 5.91 Å². The van der Waals surface area contributed by atoms with Gasteiger partial charge >= 0.3 is 0 Å². The van der Waals surface area contributed by atoms with Gasteiger partial charge in [0.2, 0.25) is 0 Å². The monoisotopic (exact) mass is 445 g/mol. The number of para-hydroxylation sites is 1. The van der Waals surface area contributed by atoms with Crippen LogP contribution in [0.2, 0.25) is 5.02 Å². The summed E-state index contributed by atoms with van der Waals surface area (Å²) < 4.78 is 5.57. The molecule has 0 unspecified atom stereocenters. The summed E-state index contributed by atoms with van der Waals surface area (Å²) in [7, 11) is 0. The van der Waals surface area contributed by atoms with Crippen LogP contribution in [0, 0.1) is 18.3 Å². The molecule has 3 rings (SSSR count). The molecule has 0 spiro atoms. The number of nitriles is 1. The van der Waals surface area contributed by atoms with Crippen molar-refractivity contribution in [1.29, 1.82) is 5.26 Å². The van der Waals surface area contributed by atoms with Crippen LogP contribution in [0.25, 0.3) is 6.08 Å². The van der Waals surface area contributed by atoms with E-state index >= 15 is 0 Å². The summed E-state index contributed by atoms with van der Waals surface area (Å²) in [6.07, 6.45) is 1.45. The topological polar surface area (TPSA) is 91.2 Å². The fraction of sp³-hybridized carbons (Fsp3) is 0.0800. The fourth-order valence-electron chi connectivity index (χ4n) is 2.79. The van der Waals surface area contributed by atoms with E-state index in [0.29, 0.717) is 22.0 Å². The Bertz CT molecular complexity index is 1200. The van der Waals surface area contributed by atoms with Gasteiger partial charge in [0, 0.05) is 16.4 Å². The van der Waals surface area contributed by atoms with Gasteiger partial charge in [-0.05, 0) is 66.6 Å². The lowest BCUT2D eigenvalue weighted by Crippen LogP contribution is -2.20. The molecule has 0 aliphatic carbocycles. The zero-order valence-corrected chi connectivity index (χ0v) is 18.0. The first-order valence-electron chi connectivity index (χ1n) is 9.71. The molecule has 0 aliphatic heterocycles. The van der Waals surface area contributed by atoms with Crippen LogP contribution < -0.4 is 15.4 Å². The molecule has 160 valence electrons. The number of carbonyl (C=O) groups excluding carboxylic acids is 2. The van der Waals surface area contributed by atoms with Gasteiger partial charge < -0.3 is 15.4 Å². The Morgan fingerprint density at radius 1 is 1.03 bits per heavy atom. The van der Waals surface area contributed by atoms with E-state index in [4.69, 9.17) is 16.3 Å². The Kier molecular flexibility index (Phi) is 7.63. The molecule has 0 heterocycles. The van der Waals surface area contributed by atoms with Crippen molar-refractivity contribution in [3.8, 4) is 11.8 Å². The van der Waals surface area contributed by atoms with Gasteiger partial charge in [-0.1, -0.05) is 41.9 Å². The molecular weight excluding hydrogens is 426 g/mol. The maximum Gasteiger partial charge on any atom is 0.266 e. The fourth-order valence-corrected chi connectivity index (χ4v) is 2.92. The summed E-state index contributed by atoms with van der Waals surface area (Å²) in [5, 5.41) is 15.4. The smallest absolute Gasteiger partial charge is 0.266 e. The Balaban J connectivity index is 1.63. The number of ether oxygens (including phenoxy) is 1. The molecule has 0 aliphatic rings. The van der Waals surface area contributed by atoms with Gasteiger partial charge in [0.25, 0.3) is 11.8 Å². The Morgan fingerprint density at radius 3 is 2.50 bits per heavy atom. The minimum absolute atomic E-state index is 0.0746. The third-order valence-electron chi connectivity index (χ3n) is 4.43. The van der Waals surface area contributed by atoms with Gasteiger partial charge in [0.15, 0.2) is 6.61 Å². The number of hydrogen-bond acceptors (Lipinski definition) is 4. The number of anilines is 2. The number of benzene rings is 3. The summed E-state index contributed by atoms with van der Waals surface area (Å²) >= 11 is 5.84. The molecule has 0 aromatic heterocycles. The lowest BCUT2D eigenvalue weighted by atomic mass is 10.1. The minimum Gasteiger partial charge on any atom is -0.484 e. The number of amides is 2. The van der Waals surface area contributed by atoms with Crippen molar-refractivity contribution in [2.45, 2.75) is 6.92 Å². The molecule has 7 heteroatoms. The highest BCUT2D eigenvalue weighted by Gasteiger charge is 2.10. The maximum atomic E-state index is 12.4. The van der Waals surface area contributed by atoms with E-state index in [2.05, 4.69) is 10.6 Å². The normalized spacial score (nSPS) is 10.7. The van der Waals surface area contributed by atoms with E-state index in [-0.39, 0.29) is 18.1 Å². The first kappa shape index (κ1) is 22.6. The number of nitrogens with zero attached hydrogens (tertiary/aromatic N) is 1. The summed E-state index contributed by atoms with van der Waals surface area (Å²) in [6, 6.07) is 22.7. The first-order chi connectivity index (χ1) is 15.4. The molecule has 0 fully saturated rings. The molecule has 3 aromatic rings. The molecular formula is C25H20ClN3O3. The average Bonchev–Trinajstić information content (AvgIpc) is 2.79. The van der Waals surface area contributed by atoms with Crippen LogP contribution in [0.5, 0.6) is 5.75 Å². The molecule has 0 saturated carbocycles. The van der Waals surface area contributed by atoms with Gasteiger partial charge in [0.1, 0.15) is 17.4 Å². The van der Waals surface area contributed by atoms with Crippen LogP contribution in [0.1, 0.15) is 11.1 Å². The minimum atomic E-state index is -0.543. The number of aryl methyl sites for hydroxylation is 1. The number of carbonyl (C=O) groups is 2. The Morgan fingerprint density at radius 2 is 1.78 bits per heavy atom. The van der Waals surface area contributed by atoms with Crippen LogP contribution in [-0.4, -0.2) is 18.4 Å². The number of hydrogen-bond donors (Lipinski definition) is 2. The van der Waals surface area contributed by atoms with E-state index in [9.17, 15) is 14.9 Å². The summed E-state index contributed by atoms with van der Waals surface area (Å²) in [6.45, 7) is 1.73. The SMILES string of the molecule is Cc1ccccc1NC(=O)COc1cccc(/C=C(/C#N)C(=O)Nc2ccc(Cl)cc2)c1. The lowest BCUT2D eigenvalue weighted by molar-refractivity contribution is -0.118. The molecule has 6 nitrogen and oxygen atoms in total. The van der Waals surface area contributed by atoms with Crippen molar-refractivity contribution < 1.29 is 14.3 Å². The standard InChI is InChI=1S/C25H20ClN3O3/c1-17-5-2-3-8-23(17)29-24(30)16-32-22-7-4-6-18(14-22)13-19(15-27)25(31)28-21-11-9-20(26)10-12-21/h2-14H,16H2,1H3,(H,28,31)(H,29,30)/b19-13-. The van der Waals surface area contributed by atoms with Gasteiger partial charge in [-0.25, -0.2) is 0 Å². The van der Waals surface area contributed by atoms with E-state index in [1.54, 1.807) is 48.5 Å². The van der Waals surface area contributed by atoms with Gasteiger partial charge in [-0.2, -0.15) is 5.26 Å². The van der Waals surface area contributed by atoms with Crippen molar-refractivity contribution in [1.82, 2.24) is 0 Å². The van der Waals surface area contributed by atoms with Crippen LogP contribution in [0.4, 0.5) is 11.4 Å². The second-order valence-corrected chi connectivity index (χ2v) is 7.29. The lowest BCUT2D eigenvalue weighted by Gasteiger charge is -2.10. The summed E-state index contributed by atoms with van der Waals surface area (Å²) in [4.78, 5) is 24.6. The molecule has 3 aromatic carbocycles. The van der Waals surface area contributed by atoms with Crippen molar-refractivity contribution in [3.05, 3.63) is 94.5 Å². The second-order valence-electron chi connectivity index (χ2n) is 6.86. The molecule has 2 amide bonds. The quantitative estimate of drug-likeness (QED) is 0.385. The van der Waals surface area contributed by atoms with Crippen LogP contribution in [-0.2, 0) is 9.59 Å². The number of nitrogens with one attached hydrogen (secondary N) is 2. The van der Waals surface area contributed by atoms with Crippen molar-refractivity contribution >= 4 is 40.9 Å². The third-order valence-corrected chi connectivity index (χ3v) is 4.68. The molecule has 0 atom stereocenters. The predicted octanol–water partition coefficient (Wildman–Crippen LogP) is 5.21. The van der Waals surface area contributed by atoms with Crippen LogP contribution in [0.15, 0.2) is 78.4 Å². The zero-order chi connectivity index (χ0) is 22.9. The highest BCUT2D eigenvalue weighted by atomic mass is 35.5. The highest BCUT2D eigenvalue weighted by Crippen LogP contribution is 2.18. The molecule has 0 saturated heterocycles. The summed E-state index contributed by atoms with van der Waals surface area (Å²) in [5.41, 5.74) is 2.72. The second kappa shape index (κ2) is 10.8. The van der Waals surface area contributed by atoms with Crippen molar-refractivity contribution in [2.24, 2.45) is 0 Å².